The number of unbranched alkanes of at least 4 members (excludes halogenated alkanes) is 1. The van der Waals surface area contributed by atoms with Gasteiger partial charge in [-0.1, -0.05) is 38.5 Å². The maximum Gasteiger partial charge on any atom is 0.416 e. The van der Waals surface area contributed by atoms with E-state index in [-0.39, 0.29) is 17.9 Å². The van der Waals surface area contributed by atoms with Gasteiger partial charge in [-0.15, -0.1) is 0 Å². The molecule has 1 aliphatic heterocycles. The van der Waals surface area contributed by atoms with Crippen molar-refractivity contribution in [2.24, 2.45) is 0 Å². The number of para-hydroxylation sites is 1. The summed E-state index contributed by atoms with van der Waals surface area (Å²) in [5.74, 6) is -1.90. The molecule has 8 nitrogen and oxygen atoms in total. The van der Waals surface area contributed by atoms with Crippen LogP contribution in [0.4, 0.5) is 30.2 Å². The van der Waals surface area contributed by atoms with Gasteiger partial charge >= 0.3 is 6.18 Å². The molecule has 1 unspecified atom stereocenters. The van der Waals surface area contributed by atoms with Crippen molar-refractivity contribution in [2.45, 2.75) is 58.7 Å². The van der Waals surface area contributed by atoms with Gasteiger partial charge in [-0.05, 0) is 67.8 Å². The number of rotatable bonds is 11. The SMILES string of the molecule is CCCCOc1c(OC)cc(C2C(=O)N(CC)c3ccc(C(F)(F)F)cc3N(c3ccccc3)C2=O)cc1-c1cnn(CCC)c1. The number of hydrogen-bond donors (Lipinski definition) is 0. The summed E-state index contributed by atoms with van der Waals surface area (Å²) in [6, 6.07) is 14.8. The number of likely N-dealkylation sites (N-methyl/N-ethyl adjacent to an activating group) is 1. The average molecular weight is 635 g/mol. The van der Waals surface area contributed by atoms with Crippen molar-refractivity contribution in [1.29, 1.82) is 0 Å². The minimum Gasteiger partial charge on any atom is -0.493 e. The Morgan fingerprint density at radius 2 is 1.67 bits per heavy atom. The Labute approximate surface area is 266 Å². The first kappa shape index (κ1) is 32.6. The molecule has 11 heteroatoms. The molecular formula is C35H37F3N4O4. The number of aromatic nitrogens is 2. The van der Waals surface area contributed by atoms with E-state index in [1.807, 2.05) is 13.1 Å². The smallest absolute Gasteiger partial charge is 0.416 e. The Morgan fingerprint density at radius 3 is 2.33 bits per heavy atom. The molecule has 3 aromatic carbocycles. The van der Waals surface area contributed by atoms with Crippen molar-refractivity contribution < 1.29 is 32.2 Å². The van der Waals surface area contributed by atoms with Crippen molar-refractivity contribution in [3.63, 3.8) is 0 Å². The van der Waals surface area contributed by atoms with Crippen molar-refractivity contribution in [1.82, 2.24) is 9.78 Å². The summed E-state index contributed by atoms with van der Waals surface area (Å²) in [4.78, 5) is 31.7. The van der Waals surface area contributed by atoms with E-state index in [1.54, 1.807) is 60.3 Å². The molecule has 0 fully saturated rings. The van der Waals surface area contributed by atoms with Gasteiger partial charge in [0.05, 0.1) is 36.9 Å². The van der Waals surface area contributed by atoms with E-state index in [0.29, 0.717) is 47.0 Å². The van der Waals surface area contributed by atoms with Gasteiger partial charge in [0, 0.05) is 36.1 Å². The van der Waals surface area contributed by atoms with Crippen molar-refractivity contribution >= 4 is 28.9 Å². The topological polar surface area (TPSA) is 76.9 Å². The summed E-state index contributed by atoms with van der Waals surface area (Å²) >= 11 is 0. The van der Waals surface area contributed by atoms with Crippen LogP contribution in [0.5, 0.6) is 11.5 Å². The van der Waals surface area contributed by atoms with Gasteiger partial charge in [-0.2, -0.15) is 18.3 Å². The number of benzene rings is 3. The number of methoxy groups -OCH3 is 1. The Morgan fingerprint density at radius 1 is 0.913 bits per heavy atom. The third-order valence-electron chi connectivity index (χ3n) is 7.92. The number of amides is 2. The van der Waals surface area contributed by atoms with Crippen LogP contribution >= 0.6 is 0 Å². The predicted octanol–water partition coefficient (Wildman–Crippen LogP) is 7.98. The number of anilines is 3. The molecule has 0 saturated carbocycles. The van der Waals surface area contributed by atoms with E-state index in [4.69, 9.17) is 9.47 Å². The highest BCUT2D eigenvalue weighted by atomic mass is 19.4. The molecule has 2 heterocycles. The van der Waals surface area contributed by atoms with Gasteiger partial charge in [0.15, 0.2) is 11.5 Å². The normalized spacial score (nSPS) is 15.2. The van der Waals surface area contributed by atoms with Gasteiger partial charge < -0.3 is 14.4 Å². The first-order chi connectivity index (χ1) is 22.1. The van der Waals surface area contributed by atoms with E-state index in [2.05, 4.69) is 12.0 Å². The van der Waals surface area contributed by atoms with Crippen LogP contribution in [0.3, 0.4) is 0 Å². The fourth-order valence-corrected chi connectivity index (χ4v) is 5.67. The molecule has 0 saturated heterocycles. The highest BCUT2D eigenvalue weighted by Gasteiger charge is 2.43. The number of carbonyl (C=O) groups excluding carboxylic acids is 2. The third kappa shape index (κ3) is 6.31. The zero-order chi connectivity index (χ0) is 33.0. The summed E-state index contributed by atoms with van der Waals surface area (Å²) < 4.78 is 55.7. The van der Waals surface area contributed by atoms with Crippen LogP contribution in [-0.4, -0.2) is 41.9 Å². The standard InChI is InChI=1S/C35H37F3N4O4/c1-5-8-17-46-32-27(24-21-39-40(22-24)16-6-2)18-23(19-30(32)45-4)31-33(43)41(7-3)28-15-14-25(35(36,37)38)20-29(28)42(34(31)44)26-12-10-9-11-13-26/h9-15,18-22,31H,5-8,16-17H2,1-4H3. The second kappa shape index (κ2) is 13.7. The van der Waals surface area contributed by atoms with Crippen LogP contribution in [0.15, 0.2) is 73.1 Å². The average Bonchev–Trinajstić information content (AvgIpc) is 3.48. The van der Waals surface area contributed by atoms with Crippen LogP contribution in [-0.2, 0) is 22.3 Å². The Kier molecular flexibility index (Phi) is 9.69. The van der Waals surface area contributed by atoms with Gasteiger partial charge in [0.2, 0.25) is 11.8 Å². The summed E-state index contributed by atoms with van der Waals surface area (Å²) in [7, 11) is 1.48. The number of hydrogen-bond acceptors (Lipinski definition) is 5. The van der Waals surface area contributed by atoms with E-state index in [0.717, 1.165) is 31.4 Å². The molecule has 0 N–H and O–H groups in total. The molecule has 4 aromatic rings. The quantitative estimate of drug-likeness (QED) is 0.124. The molecule has 1 aliphatic rings. The van der Waals surface area contributed by atoms with Crippen LogP contribution < -0.4 is 19.3 Å². The van der Waals surface area contributed by atoms with Gasteiger partial charge in [-0.25, -0.2) is 0 Å². The molecular weight excluding hydrogens is 597 g/mol. The molecule has 0 spiro atoms. The number of carbonyl (C=O) groups is 2. The second-order valence-electron chi connectivity index (χ2n) is 11.0. The lowest BCUT2D eigenvalue weighted by molar-refractivity contribution is -0.137. The first-order valence-electron chi connectivity index (χ1n) is 15.4. The van der Waals surface area contributed by atoms with Gasteiger partial charge in [-0.3, -0.25) is 19.2 Å². The zero-order valence-electron chi connectivity index (χ0n) is 26.3. The number of nitrogens with zero attached hydrogens (tertiary/aromatic N) is 4. The molecule has 0 bridgehead atoms. The van der Waals surface area contributed by atoms with Crippen LogP contribution in [0.25, 0.3) is 11.1 Å². The zero-order valence-corrected chi connectivity index (χ0v) is 26.3. The molecule has 0 radical (unpaired) electrons. The number of aryl methyl sites for hydroxylation is 1. The lowest BCUT2D eigenvalue weighted by Gasteiger charge is -2.26. The summed E-state index contributed by atoms with van der Waals surface area (Å²) in [5.41, 5.74) is 1.18. The molecule has 5 rings (SSSR count). The molecule has 2 amide bonds. The van der Waals surface area contributed by atoms with E-state index >= 15 is 0 Å². The van der Waals surface area contributed by atoms with Crippen LogP contribution in [0.2, 0.25) is 0 Å². The number of halogens is 3. The summed E-state index contributed by atoms with van der Waals surface area (Å²) in [5, 5.41) is 4.47. The second-order valence-corrected chi connectivity index (χ2v) is 11.0. The maximum atomic E-state index is 14.7. The van der Waals surface area contributed by atoms with Crippen molar-refractivity contribution in [2.75, 3.05) is 30.1 Å². The summed E-state index contributed by atoms with van der Waals surface area (Å²) in [6.45, 7) is 7.05. The largest absolute Gasteiger partial charge is 0.493 e. The van der Waals surface area contributed by atoms with Crippen molar-refractivity contribution in [3.05, 3.63) is 84.2 Å². The number of fused-ring (bicyclic) bond motifs is 1. The van der Waals surface area contributed by atoms with Crippen LogP contribution in [0, 0.1) is 0 Å². The molecule has 1 atom stereocenters. The molecule has 1 aromatic heterocycles. The number of ether oxygens (including phenoxy) is 2. The highest BCUT2D eigenvalue weighted by Crippen LogP contribution is 2.47. The van der Waals surface area contributed by atoms with E-state index in [1.165, 1.54) is 23.0 Å². The lowest BCUT2D eigenvalue weighted by Crippen LogP contribution is -2.39. The molecule has 242 valence electrons. The predicted molar refractivity (Wildman–Crippen MR) is 171 cm³/mol. The Bertz CT molecular complexity index is 1700. The third-order valence-corrected chi connectivity index (χ3v) is 7.92. The fourth-order valence-electron chi connectivity index (χ4n) is 5.67. The Hall–Kier alpha value is -4.80. The maximum absolute atomic E-state index is 14.7. The van der Waals surface area contributed by atoms with Gasteiger partial charge in [0.25, 0.3) is 0 Å². The van der Waals surface area contributed by atoms with E-state index < -0.39 is 29.5 Å². The highest BCUT2D eigenvalue weighted by molar-refractivity contribution is 6.23. The van der Waals surface area contributed by atoms with Crippen LogP contribution in [0.1, 0.15) is 57.1 Å². The first-order valence-corrected chi connectivity index (χ1v) is 15.4. The Balaban J connectivity index is 1.74. The summed E-state index contributed by atoms with van der Waals surface area (Å²) in [6.07, 6.45) is 1.48. The van der Waals surface area contributed by atoms with E-state index in [9.17, 15) is 22.8 Å². The number of alkyl halides is 3. The van der Waals surface area contributed by atoms with Crippen molar-refractivity contribution in [3.8, 4) is 22.6 Å². The lowest BCUT2D eigenvalue weighted by atomic mass is 9.92. The minimum absolute atomic E-state index is 0.0312. The fraction of sp³-hybridized carbons (Fsp3) is 0.343. The van der Waals surface area contributed by atoms with Gasteiger partial charge in [0.1, 0.15) is 5.92 Å². The molecule has 0 aliphatic carbocycles. The minimum atomic E-state index is -4.66. The monoisotopic (exact) mass is 634 g/mol. The molecule has 46 heavy (non-hydrogen) atoms.